The van der Waals surface area contributed by atoms with Gasteiger partial charge in [-0.05, 0) is 29.8 Å². The average Bonchev–Trinajstić information content (AvgIpc) is 2.58. The predicted molar refractivity (Wildman–Crippen MR) is 95.9 cm³/mol. The van der Waals surface area contributed by atoms with E-state index in [1.165, 1.54) is 17.6 Å². The van der Waals surface area contributed by atoms with Crippen LogP contribution in [0.15, 0.2) is 48.7 Å². The molecule has 1 aromatic carbocycles. The van der Waals surface area contributed by atoms with Crippen LogP contribution in [-0.2, 0) is 4.79 Å². The zero-order chi connectivity index (χ0) is 16.5. The van der Waals surface area contributed by atoms with Crippen molar-refractivity contribution in [3.63, 3.8) is 0 Å². The Morgan fingerprint density at radius 2 is 2.08 bits per heavy atom. The molecule has 24 heavy (non-hydrogen) atoms. The van der Waals surface area contributed by atoms with Crippen LogP contribution in [0.1, 0.15) is 5.56 Å². The highest BCUT2D eigenvalue weighted by molar-refractivity contribution is 6.33. The van der Waals surface area contributed by atoms with Crippen molar-refractivity contribution in [3.8, 4) is 5.75 Å². The number of para-hydroxylation sites is 1. The molecule has 3 N–H and O–H groups in total. The number of pyridine rings is 1. The molecule has 0 fully saturated rings. The number of amides is 1. The van der Waals surface area contributed by atoms with Crippen LogP contribution in [0.2, 0.25) is 5.02 Å². The molecule has 2 rings (SSSR count). The maximum Gasteiger partial charge on any atom is 0.267 e. The fourth-order valence-corrected chi connectivity index (χ4v) is 1.98. The highest BCUT2D eigenvalue weighted by Gasteiger charge is 2.02. The number of benzene rings is 1. The van der Waals surface area contributed by atoms with Crippen LogP contribution in [0.5, 0.6) is 5.75 Å². The smallest absolute Gasteiger partial charge is 0.267 e. The summed E-state index contributed by atoms with van der Waals surface area (Å²) in [6.07, 6.45) is 4.23. The van der Waals surface area contributed by atoms with E-state index in [0.29, 0.717) is 29.6 Å². The second-order valence-corrected chi connectivity index (χ2v) is 4.90. The summed E-state index contributed by atoms with van der Waals surface area (Å²) in [6, 6.07) is 11.2. The number of rotatable bonds is 7. The molecule has 0 unspecified atom stereocenters. The number of halogens is 2. The molecule has 0 spiro atoms. The summed E-state index contributed by atoms with van der Waals surface area (Å²) in [6.45, 7) is 1.02. The van der Waals surface area contributed by atoms with Crippen LogP contribution in [0.25, 0.3) is 6.08 Å². The zero-order valence-corrected chi connectivity index (χ0v) is 14.2. The van der Waals surface area contributed by atoms with Gasteiger partial charge in [0.2, 0.25) is 0 Å². The molecule has 1 amide bonds. The first kappa shape index (κ1) is 19.8. The number of nitrogens with one attached hydrogen (secondary N) is 2. The van der Waals surface area contributed by atoms with Crippen molar-refractivity contribution in [2.24, 2.45) is 0 Å². The van der Waals surface area contributed by atoms with Gasteiger partial charge in [0, 0.05) is 12.3 Å². The van der Waals surface area contributed by atoms with Crippen LogP contribution in [-0.4, -0.2) is 29.3 Å². The lowest BCUT2D eigenvalue weighted by Gasteiger charge is -2.09. The van der Waals surface area contributed by atoms with Gasteiger partial charge < -0.3 is 10.1 Å². The second-order valence-electron chi connectivity index (χ2n) is 4.50. The maximum absolute atomic E-state index is 10.9. The zero-order valence-electron chi connectivity index (χ0n) is 12.6. The van der Waals surface area contributed by atoms with Gasteiger partial charge in [0.05, 0.1) is 11.6 Å². The van der Waals surface area contributed by atoms with Gasteiger partial charge in [-0.1, -0.05) is 29.8 Å². The number of aromatic nitrogens is 1. The summed E-state index contributed by atoms with van der Waals surface area (Å²) in [7, 11) is 0. The number of anilines is 1. The van der Waals surface area contributed by atoms with E-state index in [4.69, 9.17) is 21.5 Å². The fraction of sp³-hybridized carbons (Fsp3) is 0.125. The Hall–Kier alpha value is -2.28. The van der Waals surface area contributed by atoms with E-state index in [1.807, 2.05) is 30.3 Å². The first-order valence-corrected chi connectivity index (χ1v) is 7.26. The van der Waals surface area contributed by atoms with E-state index >= 15 is 0 Å². The molecule has 0 saturated heterocycles. The van der Waals surface area contributed by atoms with Crippen molar-refractivity contribution in [1.29, 1.82) is 0 Å². The number of hydrogen-bond acceptors (Lipinski definition) is 5. The molecule has 0 bridgehead atoms. The molecule has 0 aliphatic carbocycles. The number of ether oxygens (including phenoxy) is 1. The summed E-state index contributed by atoms with van der Waals surface area (Å²) in [5, 5.41) is 11.9. The summed E-state index contributed by atoms with van der Waals surface area (Å²) >= 11 is 6.12. The number of hydroxylamine groups is 1. The van der Waals surface area contributed by atoms with Crippen molar-refractivity contribution in [2.75, 3.05) is 18.5 Å². The van der Waals surface area contributed by atoms with Crippen molar-refractivity contribution in [1.82, 2.24) is 10.5 Å². The van der Waals surface area contributed by atoms with E-state index < -0.39 is 5.91 Å². The van der Waals surface area contributed by atoms with Crippen LogP contribution in [0.3, 0.4) is 0 Å². The number of carbonyl (C=O) groups is 1. The monoisotopic (exact) mass is 369 g/mol. The summed E-state index contributed by atoms with van der Waals surface area (Å²) in [4.78, 5) is 15.1. The standard InChI is InChI=1S/C16H16ClN3O3.ClH/c17-14-10-12(6-7-15(21)20-22)11-19-16(14)18-8-9-23-13-4-2-1-3-5-13;/h1-7,10-11,22H,8-9H2,(H,18,19)(H,20,21);1H/b7-6+;. The lowest BCUT2D eigenvalue weighted by molar-refractivity contribution is -0.124. The predicted octanol–water partition coefficient (Wildman–Crippen LogP) is 3.17. The summed E-state index contributed by atoms with van der Waals surface area (Å²) in [5.41, 5.74) is 2.15. The van der Waals surface area contributed by atoms with Crippen LogP contribution in [0.4, 0.5) is 5.82 Å². The Balaban J connectivity index is 0.00000288. The van der Waals surface area contributed by atoms with Gasteiger partial charge in [0.1, 0.15) is 18.2 Å². The van der Waals surface area contributed by atoms with Gasteiger partial charge >= 0.3 is 0 Å². The Bertz CT molecular complexity index is 682. The molecular formula is C16H17Cl2N3O3. The molecule has 8 heteroatoms. The molecule has 0 atom stereocenters. The minimum absolute atomic E-state index is 0. The molecule has 0 aliphatic rings. The van der Waals surface area contributed by atoms with Crippen molar-refractivity contribution < 1.29 is 14.7 Å². The largest absolute Gasteiger partial charge is 0.492 e. The Morgan fingerprint density at radius 3 is 2.75 bits per heavy atom. The first-order chi connectivity index (χ1) is 11.2. The summed E-state index contributed by atoms with van der Waals surface area (Å²) < 4.78 is 5.56. The highest BCUT2D eigenvalue weighted by atomic mass is 35.5. The second kappa shape index (κ2) is 10.5. The molecule has 2 aromatic rings. The Labute approximate surface area is 150 Å². The first-order valence-electron chi connectivity index (χ1n) is 6.88. The quantitative estimate of drug-likeness (QED) is 0.302. The van der Waals surface area contributed by atoms with E-state index in [9.17, 15) is 4.79 Å². The van der Waals surface area contributed by atoms with Gasteiger partial charge in [0.25, 0.3) is 5.91 Å². The van der Waals surface area contributed by atoms with Gasteiger partial charge in [-0.25, -0.2) is 10.5 Å². The molecule has 128 valence electrons. The highest BCUT2D eigenvalue weighted by Crippen LogP contribution is 2.20. The normalized spacial score (nSPS) is 10.1. The topological polar surface area (TPSA) is 83.5 Å². The Morgan fingerprint density at radius 1 is 1.33 bits per heavy atom. The third-order valence-electron chi connectivity index (χ3n) is 2.81. The van der Waals surface area contributed by atoms with Gasteiger partial charge in [0.15, 0.2) is 0 Å². The van der Waals surface area contributed by atoms with Gasteiger partial charge in [-0.2, -0.15) is 0 Å². The van der Waals surface area contributed by atoms with E-state index in [2.05, 4.69) is 10.3 Å². The van der Waals surface area contributed by atoms with Crippen molar-refractivity contribution in [2.45, 2.75) is 0 Å². The van der Waals surface area contributed by atoms with Crippen LogP contribution in [0, 0.1) is 0 Å². The minimum Gasteiger partial charge on any atom is -0.492 e. The molecule has 1 aromatic heterocycles. The van der Waals surface area contributed by atoms with Gasteiger partial charge in [-0.15, -0.1) is 12.4 Å². The fourth-order valence-electron chi connectivity index (χ4n) is 1.74. The molecule has 0 radical (unpaired) electrons. The third kappa shape index (κ3) is 6.45. The van der Waals surface area contributed by atoms with E-state index in [1.54, 1.807) is 12.3 Å². The molecule has 6 nitrogen and oxygen atoms in total. The summed E-state index contributed by atoms with van der Waals surface area (Å²) in [5.74, 6) is 0.712. The Kier molecular flexibility index (Phi) is 8.64. The maximum atomic E-state index is 10.9. The SMILES string of the molecule is Cl.O=C(/C=C/c1cnc(NCCOc2ccccc2)c(Cl)c1)NO. The van der Waals surface area contributed by atoms with Crippen LogP contribution >= 0.6 is 24.0 Å². The number of carbonyl (C=O) groups excluding carboxylic acids is 1. The number of hydrogen-bond donors (Lipinski definition) is 3. The molecule has 0 saturated carbocycles. The average molecular weight is 370 g/mol. The van der Waals surface area contributed by atoms with E-state index in [-0.39, 0.29) is 12.4 Å². The van der Waals surface area contributed by atoms with Crippen LogP contribution < -0.4 is 15.5 Å². The minimum atomic E-state index is -0.624. The lowest BCUT2D eigenvalue weighted by Crippen LogP contribution is -2.14. The lowest BCUT2D eigenvalue weighted by atomic mass is 10.2. The third-order valence-corrected chi connectivity index (χ3v) is 3.09. The molecule has 1 heterocycles. The van der Waals surface area contributed by atoms with E-state index in [0.717, 1.165) is 5.75 Å². The van der Waals surface area contributed by atoms with Crippen molar-refractivity contribution in [3.05, 3.63) is 59.3 Å². The molecular weight excluding hydrogens is 353 g/mol. The number of nitrogens with zero attached hydrogens (tertiary/aromatic N) is 1. The van der Waals surface area contributed by atoms with Gasteiger partial charge in [-0.3, -0.25) is 10.0 Å². The van der Waals surface area contributed by atoms with Crippen molar-refractivity contribution >= 4 is 41.8 Å². The molecule has 0 aliphatic heterocycles.